The van der Waals surface area contributed by atoms with E-state index >= 15 is 0 Å². The van der Waals surface area contributed by atoms with E-state index in [0.717, 1.165) is 0 Å². The predicted molar refractivity (Wildman–Crippen MR) is 45.0 cm³/mol. The van der Waals surface area contributed by atoms with E-state index in [1.807, 2.05) is 0 Å². The van der Waals surface area contributed by atoms with Crippen molar-refractivity contribution in [1.82, 2.24) is 0 Å². The van der Waals surface area contributed by atoms with Crippen LogP contribution < -0.4 is 18.9 Å². The van der Waals surface area contributed by atoms with Gasteiger partial charge < -0.3 is 4.55 Å². The van der Waals surface area contributed by atoms with Crippen LogP contribution >= 0.6 is 0 Å². The minimum absolute atomic E-state index is 0. The van der Waals surface area contributed by atoms with Crippen molar-refractivity contribution in [2.45, 2.75) is 30.9 Å². The minimum atomic E-state index is -5.18. The van der Waals surface area contributed by atoms with E-state index in [1.165, 1.54) is 0 Å². The van der Waals surface area contributed by atoms with E-state index in [-0.39, 0.29) is 18.9 Å². The van der Waals surface area contributed by atoms with Crippen LogP contribution in [0.25, 0.3) is 0 Å². The Morgan fingerprint density at radius 1 is 0.889 bits per heavy atom. The Bertz CT molecular complexity index is 329. The monoisotopic (exact) mass is 294 g/mol. The quantitative estimate of drug-likeness (QED) is 0.316. The van der Waals surface area contributed by atoms with Crippen molar-refractivity contribution >= 4 is 10.1 Å². The van der Waals surface area contributed by atoms with Crippen LogP contribution in [0.5, 0.6) is 0 Å². The first kappa shape index (κ1) is 20.4. The molecule has 0 aromatic heterocycles. The van der Waals surface area contributed by atoms with Crippen LogP contribution in [-0.4, -0.2) is 56.3 Å². The second-order valence-corrected chi connectivity index (χ2v) is 4.69. The van der Waals surface area contributed by atoms with Crippen molar-refractivity contribution in [2.75, 3.05) is 12.4 Å². The van der Waals surface area contributed by atoms with Crippen molar-refractivity contribution in [3.05, 3.63) is 0 Å². The molecule has 0 radical (unpaired) electrons. The van der Waals surface area contributed by atoms with E-state index < -0.39 is 53.4 Å². The first-order valence-corrected chi connectivity index (χ1v) is 5.87. The molecular formula is C7H9F6LiO3S. The molecule has 0 N–H and O–H groups in total. The van der Waals surface area contributed by atoms with Gasteiger partial charge in [0.15, 0.2) is 24.7 Å². The van der Waals surface area contributed by atoms with Gasteiger partial charge in [-0.25, -0.2) is 34.8 Å². The molecule has 0 aliphatic carbocycles. The van der Waals surface area contributed by atoms with Crippen LogP contribution in [0.2, 0.25) is 0 Å². The molecule has 0 rings (SSSR count). The zero-order valence-corrected chi connectivity index (χ0v) is 10.0. The third kappa shape index (κ3) is 6.87. The number of hydrogen-bond acceptors (Lipinski definition) is 3. The van der Waals surface area contributed by atoms with Gasteiger partial charge in [0.1, 0.15) is 12.8 Å². The summed E-state index contributed by atoms with van der Waals surface area (Å²) < 4.78 is 105. The Kier molecular flexibility index (Phi) is 9.41. The summed E-state index contributed by atoms with van der Waals surface area (Å²) in [5, 5.41) is 0. The molecule has 0 amide bonds. The number of halogens is 6. The van der Waals surface area contributed by atoms with Crippen LogP contribution in [0.15, 0.2) is 0 Å². The second-order valence-electron chi connectivity index (χ2n) is 3.24. The normalized spacial score (nSPS) is 20.4. The molecule has 104 valence electrons. The standard InChI is InChI=1S/C7H10F6O3S.Li/c8-1-3(9)5(11)7(13)6(12)4(10)2-17(14,15)16;/h3-7H,1-2H2,(H,14,15,16);/q;+1/p-1. The fourth-order valence-electron chi connectivity index (χ4n) is 0.947. The van der Waals surface area contributed by atoms with E-state index in [2.05, 4.69) is 0 Å². The molecule has 5 atom stereocenters. The number of hydrogen-bond donors (Lipinski definition) is 0. The maximum Gasteiger partial charge on any atom is 1.00 e. The maximum atomic E-state index is 12.8. The minimum Gasteiger partial charge on any atom is -0.748 e. The molecule has 0 aliphatic rings. The molecule has 11 heteroatoms. The van der Waals surface area contributed by atoms with Gasteiger partial charge in [-0.05, 0) is 0 Å². The molecule has 0 heterocycles. The fourth-order valence-corrected chi connectivity index (χ4v) is 1.52. The molecule has 5 unspecified atom stereocenters. The van der Waals surface area contributed by atoms with Gasteiger partial charge >= 0.3 is 18.9 Å². The van der Waals surface area contributed by atoms with Crippen molar-refractivity contribution in [3.8, 4) is 0 Å². The largest absolute Gasteiger partial charge is 1.00 e. The Hall–Kier alpha value is 0.0874. The summed E-state index contributed by atoms with van der Waals surface area (Å²) >= 11 is 0. The van der Waals surface area contributed by atoms with Crippen molar-refractivity contribution in [1.29, 1.82) is 0 Å². The summed E-state index contributed by atoms with van der Waals surface area (Å²) in [7, 11) is -5.18. The average molecular weight is 294 g/mol. The summed E-state index contributed by atoms with van der Waals surface area (Å²) in [4.78, 5) is 0. The second kappa shape index (κ2) is 8.30. The van der Waals surface area contributed by atoms with Crippen molar-refractivity contribution in [3.63, 3.8) is 0 Å². The summed E-state index contributed by atoms with van der Waals surface area (Å²) in [6, 6.07) is 0. The van der Waals surface area contributed by atoms with Gasteiger partial charge in [0.05, 0.1) is 15.9 Å². The first-order chi connectivity index (χ1) is 7.60. The van der Waals surface area contributed by atoms with Crippen LogP contribution in [-0.2, 0) is 10.1 Å². The summed E-state index contributed by atoms with van der Waals surface area (Å²) in [5.41, 5.74) is 0. The predicted octanol–water partition coefficient (Wildman–Crippen LogP) is -1.80. The molecule has 0 aromatic rings. The molecule has 0 spiro atoms. The van der Waals surface area contributed by atoms with Crippen LogP contribution in [0.3, 0.4) is 0 Å². The van der Waals surface area contributed by atoms with Gasteiger partial charge in [0.25, 0.3) is 0 Å². The smallest absolute Gasteiger partial charge is 0.748 e. The van der Waals surface area contributed by atoms with Gasteiger partial charge in [-0.3, -0.25) is 0 Å². The zero-order valence-electron chi connectivity index (χ0n) is 9.20. The SMILES string of the molecule is O=S(=O)([O-])CC(F)C(F)C(F)C(F)C(F)CF.[Li+]. The zero-order chi connectivity index (χ0) is 13.8. The average Bonchev–Trinajstić information content (AvgIpc) is 2.22. The van der Waals surface area contributed by atoms with Gasteiger partial charge in [0, 0.05) is 0 Å². The molecule has 0 fully saturated rings. The van der Waals surface area contributed by atoms with Gasteiger partial charge in [0.2, 0.25) is 0 Å². The summed E-state index contributed by atoms with van der Waals surface area (Å²) in [6.07, 6.45) is -16.2. The third-order valence-corrected chi connectivity index (χ3v) is 2.54. The van der Waals surface area contributed by atoms with E-state index in [0.29, 0.717) is 0 Å². The van der Waals surface area contributed by atoms with Crippen LogP contribution in [0, 0.1) is 0 Å². The molecular weight excluding hydrogens is 285 g/mol. The van der Waals surface area contributed by atoms with Crippen LogP contribution in [0.1, 0.15) is 0 Å². The third-order valence-electron chi connectivity index (χ3n) is 1.81. The Morgan fingerprint density at radius 3 is 1.61 bits per heavy atom. The van der Waals surface area contributed by atoms with E-state index in [1.54, 1.807) is 0 Å². The molecule has 0 bridgehead atoms. The summed E-state index contributed by atoms with van der Waals surface area (Å²) in [6.45, 7) is -1.94. The van der Waals surface area contributed by atoms with Crippen molar-refractivity contribution in [2.24, 2.45) is 0 Å². The molecule has 0 aliphatic heterocycles. The molecule has 0 aromatic carbocycles. The Labute approximate surface area is 112 Å². The van der Waals surface area contributed by atoms with E-state index in [9.17, 15) is 39.3 Å². The topological polar surface area (TPSA) is 57.2 Å². The number of alkyl halides is 6. The van der Waals surface area contributed by atoms with E-state index in [4.69, 9.17) is 0 Å². The summed E-state index contributed by atoms with van der Waals surface area (Å²) in [5.74, 6) is -1.91. The molecule has 0 saturated heterocycles. The molecule has 3 nitrogen and oxygen atoms in total. The first-order valence-electron chi connectivity index (χ1n) is 4.30. The van der Waals surface area contributed by atoms with Gasteiger partial charge in [-0.15, -0.1) is 0 Å². The molecule has 0 saturated carbocycles. The van der Waals surface area contributed by atoms with Gasteiger partial charge in [-0.2, -0.15) is 0 Å². The Morgan fingerprint density at radius 2 is 1.28 bits per heavy atom. The Balaban J connectivity index is 0. The van der Waals surface area contributed by atoms with Crippen molar-refractivity contribution < 1.29 is 58.2 Å². The fraction of sp³-hybridized carbons (Fsp3) is 1.00. The number of rotatable bonds is 7. The van der Waals surface area contributed by atoms with Crippen LogP contribution in [0.4, 0.5) is 26.3 Å². The van der Waals surface area contributed by atoms with Gasteiger partial charge in [-0.1, -0.05) is 0 Å². The maximum absolute atomic E-state index is 12.8. The molecule has 18 heavy (non-hydrogen) atoms.